The van der Waals surface area contributed by atoms with Crippen LogP contribution in [0, 0.1) is 0 Å². The van der Waals surface area contributed by atoms with Gasteiger partial charge in [0, 0.05) is 25.5 Å². The van der Waals surface area contributed by atoms with Crippen molar-refractivity contribution in [1.82, 2.24) is 9.88 Å². The van der Waals surface area contributed by atoms with Crippen molar-refractivity contribution in [3.05, 3.63) is 30.1 Å². The van der Waals surface area contributed by atoms with E-state index in [1.807, 2.05) is 0 Å². The van der Waals surface area contributed by atoms with Crippen molar-refractivity contribution in [3.63, 3.8) is 0 Å². The Labute approximate surface area is 131 Å². The van der Waals surface area contributed by atoms with E-state index in [2.05, 4.69) is 4.98 Å². The van der Waals surface area contributed by atoms with Crippen molar-refractivity contribution >= 4 is 15.9 Å². The summed E-state index contributed by atoms with van der Waals surface area (Å²) >= 11 is 0. The van der Waals surface area contributed by atoms with Crippen molar-refractivity contribution in [2.24, 2.45) is 0 Å². The third-order valence-electron chi connectivity index (χ3n) is 3.42. The molecule has 1 saturated heterocycles. The lowest BCUT2D eigenvalue weighted by Gasteiger charge is -2.24. The van der Waals surface area contributed by atoms with Gasteiger partial charge in [0.25, 0.3) is 0 Å². The van der Waals surface area contributed by atoms with Crippen molar-refractivity contribution in [1.29, 1.82) is 0 Å². The summed E-state index contributed by atoms with van der Waals surface area (Å²) in [6, 6.07) is 3.39. The van der Waals surface area contributed by atoms with Gasteiger partial charge in [-0.1, -0.05) is 0 Å². The van der Waals surface area contributed by atoms with Crippen molar-refractivity contribution in [3.8, 4) is 0 Å². The van der Waals surface area contributed by atoms with Gasteiger partial charge in [-0.25, -0.2) is 13.2 Å². The van der Waals surface area contributed by atoms with Crippen molar-refractivity contribution in [2.75, 3.05) is 13.1 Å². The summed E-state index contributed by atoms with van der Waals surface area (Å²) in [6.45, 7) is 5.98. The SMILES string of the molecule is CC(C)(C)OC(=O)N1CCC(S(=O)(=O)Cc2ccncc2)C1. The van der Waals surface area contributed by atoms with Crippen LogP contribution < -0.4 is 0 Å². The third kappa shape index (κ3) is 4.43. The summed E-state index contributed by atoms with van der Waals surface area (Å²) < 4.78 is 30.2. The minimum absolute atomic E-state index is 0.0255. The van der Waals surface area contributed by atoms with Crippen LogP contribution in [0.4, 0.5) is 4.79 Å². The number of ether oxygens (including phenoxy) is 1. The summed E-state index contributed by atoms with van der Waals surface area (Å²) in [5.41, 5.74) is 0.135. The van der Waals surface area contributed by atoms with Crippen LogP contribution in [-0.4, -0.2) is 48.3 Å². The van der Waals surface area contributed by atoms with E-state index >= 15 is 0 Å². The minimum Gasteiger partial charge on any atom is -0.444 e. The minimum atomic E-state index is -3.30. The maximum Gasteiger partial charge on any atom is 0.410 e. The molecule has 0 radical (unpaired) electrons. The summed E-state index contributed by atoms with van der Waals surface area (Å²) in [4.78, 5) is 17.3. The fourth-order valence-corrected chi connectivity index (χ4v) is 4.11. The van der Waals surface area contributed by atoms with Crippen LogP contribution >= 0.6 is 0 Å². The van der Waals surface area contributed by atoms with Gasteiger partial charge in [0.2, 0.25) is 0 Å². The fourth-order valence-electron chi connectivity index (χ4n) is 2.34. The van der Waals surface area contributed by atoms with Gasteiger partial charge in [-0.15, -0.1) is 0 Å². The number of carbonyl (C=O) groups is 1. The first kappa shape index (κ1) is 16.7. The second-order valence-corrected chi connectivity index (χ2v) is 8.78. The van der Waals surface area contributed by atoms with Crippen molar-refractivity contribution < 1.29 is 17.9 Å². The molecule has 0 aliphatic carbocycles. The zero-order valence-corrected chi connectivity index (χ0v) is 14.0. The molecular weight excluding hydrogens is 304 g/mol. The van der Waals surface area contributed by atoms with E-state index in [1.165, 1.54) is 4.90 Å². The van der Waals surface area contributed by atoms with Crippen LogP contribution in [0.1, 0.15) is 32.8 Å². The van der Waals surface area contributed by atoms with Gasteiger partial charge in [-0.3, -0.25) is 4.98 Å². The van der Waals surface area contributed by atoms with Crippen LogP contribution in [0.15, 0.2) is 24.5 Å². The van der Waals surface area contributed by atoms with Crippen LogP contribution in [0.25, 0.3) is 0 Å². The van der Waals surface area contributed by atoms with E-state index in [1.54, 1.807) is 45.3 Å². The van der Waals surface area contributed by atoms with E-state index in [9.17, 15) is 13.2 Å². The number of hydrogen-bond donors (Lipinski definition) is 0. The molecule has 0 bridgehead atoms. The van der Waals surface area contributed by atoms with Crippen molar-refractivity contribution in [2.45, 2.75) is 43.8 Å². The number of hydrogen-bond acceptors (Lipinski definition) is 5. The summed E-state index contributed by atoms with van der Waals surface area (Å²) in [7, 11) is -3.30. The molecule has 1 amide bonds. The number of rotatable bonds is 3. The summed E-state index contributed by atoms with van der Waals surface area (Å²) in [6.07, 6.45) is 3.15. The van der Waals surface area contributed by atoms with E-state index in [0.29, 0.717) is 18.5 Å². The van der Waals surface area contributed by atoms with E-state index in [0.717, 1.165) is 0 Å². The monoisotopic (exact) mass is 326 g/mol. The predicted molar refractivity (Wildman–Crippen MR) is 83.1 cm³/mol. The van der Waals surface area contributed by atoms with Gasteiger partial charge in [0.15, 0.2) is 9.84 Å². The number of nitrogens with zero attached hydrogens (tertiary/aromatic N) is 2. The average Bonchev–Trinajstić information content (AvgIpc) is 2.87. The fraction of sp³-hybridized carbons (Fsp3) is 0.600. The smallest absolute Gasteiger partial charge is 0.410 e. The Hall–Kier alpha value is -1.63. The Bertz CT molecular complexity index is 623. The van der Waals surface area contributed by atoms with Gasteiger partial charge >= 0.3 is 6.09 Å². The van der Waals surface area contributed by atoms with Gasteiger partial charge in [-0.05, 0) is 44.9 Å². The summed E-state index contributed by atoms with van der Waals surface area (Å²) in [5, 5.41) is -0.534. The molecule has 1 unspecified atom stereocenters. The lowest BCUT2D eigenvalue weighted by molar-refractivity contribution is 0.0295. The Kier molecular flexibility index (Phi) is 4.75. The van der Waals surface area contributed by atoms with Gasteiger partial charge < -0.3 is 9.64 Å². The zero-order chi connectivity index (χ0) is 16.4. The molecule has 1 atom stereocenters. The highest BCUT2D eigenvalue weighted by Crippen LogP contribution is 2.22. The third-order valence-corrected chi connectivity index (χ3v) is 5.56. The van der Waals surface area contributed by atoms with Crippen LogP contribution in [-0.2, 0) is 20.3 Å². The molecule has 22 heavy (non-hydrogen) atoms. The first-order valence-electron chi connectivity index (χ1n) is 7.26. The molecule has 2 heterocycles. The molecule has 0 saturated carbocycles. The molecule has 0 N–H and O–H groups in total. The highest BCUT2D eigenvalue weighted by Gasteiger charge is 2.36. The van der Waals surface area contributed by atoms with E-state index < -0.39 is 26.8 Å². The van der Waals surface area contributed by atoms with Gasteiger partial charge in [0.1, 0.15) is 5.60 Å². The van der Waals surface area contributed by atoms with Crippen LogP contribution in [0.2, 0.25) is 0 Å². The van der Waals surface area contributed by atoms with E-state index in [4.69, 9.17) is 4.74 Å². The second-order valence-electron chi connectivity index (χ2n) is 6.50. The lowest BCUT2D eigenvalue weighted by atomic mass is 10.2. The number of sulfone groups is 1. The number of likely N-dealkylation sites (tertiary alicyclic amines) is 1. The van der Waals surface area contributed by atoms with E-state index in [-0.39, 0.29) is 12.3 Å². The molecule has 1 aromatic rings. The zero-order valence-electron chi connectivity index (χ0n) is 13.2. The molecule has 6 nitrogen and oxygen atoms in total. The Morgan fingerprint density at radius 1 is 1.36 bits per heavy atom. The molecule has 122 valence electrons. The Morgan fingerprint density at radius 2 is 2.00 bits per heavy atom. The first-order chi connectivity index (χ1) is 10.2. The lowest BCUT2D eigenvalue weighted by Crippen LogP contribution is -2.36. The largest absolute Gasteiger partial charge is 0.444 e. The number of aromatic nitrogens is 1. The molecule has 0 spiro atoms. The predicted octanol–water partition coefficient (Wildman–Crippen LogP) is 2.01. The number of pyridine rings is 1. The molecule has 1 aromatic heterocycles. The normalized spacial score (nSPS) is 19.2. The maximum absolute atomic E-state index is 12.5. The van der Waals surface area contributed by atoms with Crippen LogP contribution in [0.5, 0.6) is 0 Å². The molecule has 7 heteroatoms. The molecule has 1 aliphatic rings. The number of amides is 1. The molecule has 0 aromatic carbocycles. The number of carbonyl (C=O) groups excluding carboxylic acids is 1. The Balaban J connectivity index is 1.99. The standard InChI is InChI=1S/C15H22N2O4S/c1-15(2,3)21-14(18)17-9-6-13(10-17)22(19,20)11-12-4-7-16-8-5-12/h4-5,7-8,13H,6,9-11H2,1-3H3. The average molecular weight is 326 g/mol. The highest BCUT2D eigenvalue weighted by molar-refractivity contribution is 7.91. The quantitative estimate of drug-likeness (QED) is 0.849. The Morgan fingerprint density at radius 3 is 2.59 bits per heavy atom. The second kappa shape index (κ2) is 6.24. The van der Waals surface area contributed by atoms with Crippen LogP contribution in [0.3, 0.4) is 0 Å². The van der Waals surface area contributed by atoms with Gasteiger partial charge in [0.05, 0.1) is 11.0 Å². The molecular formula is C15H22N2O4S. The molecule has 1 aliphatic heterocycles. The molecule has 1 fully saturated rings. The maximum atomic E-state index is 12.5. The first-order valence-corrected chi connectivity index (χ1v) is 8.97. The van der Waals surface area contributed by atoms with Gasteiger partial charge in [-0.2, -0.15) is 0 Å². The molecule has 2 rings (SSSR count). The summed E-state index contributed by atoms with van der Waals surface area (Å²) in [5.74, 6) is -0.0255. The topological polar surface area (TPSA) is 76.6 Å². The highest BCUT2D eigenvalue weighted by atomic mass is 32.2.